The lowest BCUT2D eigenvalue weighted by Gasteiger charge is -2.32. The topological polar surface area (TPSA) is 58.1 Å². The molecule has 3 heterocycles. The van der Waals surface area contributed by atoms with E-state index in [1.54, 1.807) is 6.92 Å². The average molecular weight is 420 g/mol. The number of halogens is 3. The van der Waals surface area contributed by atoms with Crippen LogP contribution in [0.1, 0.15) is 35.0 Å². The number of aryl methyl sites for hydroxylation is 1. The second-order valence-electron chi connectivity index (χ2n) is 7.30. The highest BCUT2D eigenvalue weighted by atomic mass is 32.1. The predicted octanol–water partition coefficient (Wildman–Crippen LogP) is 4.91. The summed E-state index contributed by atoms with van der Waals surface area (Å²) in [5, 5.41) is 2.97. The van der Waals surface area contributed by atoms with E-state index in [2.05, 4.69) is 27.1 Å². The summed E-state index contributed by atoms with van der Waals surface area (Å²) in [6, 6.07) is 1.05. The minimum absolute atomic E-state index is 0.322. The molecule has 1 atom stereocenters. The number of hydrogen-bond donors (Lipinski definition) is 1. The van der Waals surface area contributed by atoms with Crippen molar-refractivity contribution in [2.75, 3.05) is 23.3 Å². The van der Waals surface area contributed by atoms with E-state index >= 15 is 0 Å². The van der Waals surface area contributed by atoms with Crippen LogP contribution in [-0.4, -0.2) is 29.0 Å². The number of carbonyl (C=O) groups is 1. The first-order chi connectivity index (χ1) is 13.8. The molecule has 1 saturated heterocycles. The SMILES string of the molecule is Cc1sc2ncnc(N3CCC[C@@H](C)C3)c2c1C(=O)Nc1cc(F)c(F)cc1F. The number of rotatable bonds is 3. The van der Waals surface area contributed by atoms with Crippen LogP contribution in [0.2, 0.25) is 0 Å². The molecule has 1 fully saturated rings. The standard InChI is InChI=1S/C20H19F3N4OS/c1-10-4-3-5-27(8-10)18-17-16(11(2)29-20(17)25-9-24-18)19(28)26-15-7-13(22)12(21)6-14(15)23/h6-7,9-10H,3-5,8H2,1-2H3,(H,26,28)/t10-/m1/s1. The van der Waals surface area contributed by atoms with Gasteiger partial charge in [-0.2, -0.15) is 0 Å². The van der Waals surface area contributed by atoms with E-state index in [0.717, 1.165) is 25.9 Å². The maximum Gasteiger partial charge on any atom is 0.257 e. The molecule has 1 amide bonds. The van der Waals surface area contributed by atoms with Gasteiger partial charge in [-0.15, -0.1) is 11.3 Å². The summed E-state index contributed by atoms with van der Waals surface area (Å²) in [6.45, 7) is 5.58. The summed E-state index contributed by atoms with van der Waals surface area (Å²) in [4.78, 5) is 25.2. The molecule has 1 N–H and O–H groups in total. The number of amides is 1. The molecular weight excluding hydrogens is 401 g/mol. The van der Waals surface area contributed by atoms with Crippen LogP contribution in [0, 0.1) is 30.3 Å². The van der Waals surface area contributed by atoms with Crippen molar-refractivity contribution in [2.45, 2.75) is 26.7 Å². The molecule has 0 saturated carbocycles. The Morgan fingerprint density at radius 3 is 2.72 bits per heavy atom. The number of benzene rings is 1. The highest BCUT2D eigenvalue weighted by molar-refractivity contribution is 7.19. The van der Waals surface area contributed by atoms with Gasteiger partial charge in [0.05, 0.1) is 16.6 Å². The zero-order valence-electron chi connectivity index (χ0n) is 15.9. The van der Waals surface area contributed by atoms with Gasteiger partial charge >= 0.3 is 0 Å². The van der Waals surface area contributed by atoms with Crippen molar-refractivity contribution in [3.05, 3.63) is 46.4 Å². The molecule has 2 aromatic heterocycles. The number of fused-ring (bicyclic) bond motifs is 1. The molecule has 1 aliphatic heterocycles. The third-order valence-corrected chi connectivity index (χ3v) is 6.10. The van der Waals surface area contributed by atoms with Gasteiger partial charge in [0.1, 0.15) is 22.8 Å². The fourth-order valence-corrected chi connectivity index (χ4v) is 4.71. The van der Waals surface area contributed by atoms with Crippen LogP contribution in [0.15, 0.2) is 18.5 Å². The average Bonchev–Trinajstić information content (AvgIpc) is 3.02. The summed E-state index contributed by atoms with van der Waals surface area (Å²) >= 11 is 1.34. The van der Waals surface area contributed by atoms with Crippen LogP contribution in [0.3, 0.4) is 0 Å². The Labute approximate surface area is 169 Å². The van der Waals surface area contributed by atoms with Crippen molar-refractivity contribution < 1.29 is 18.0 Å². The zero-order valence-corrected chi connectivity index (χ0v) is 16.7. The number of anilines is 2. The fourth-order valence-electron chi connectivity index (χ4n) is 3.73. The van der Waals surface area contributed by atoms with Crippen molar-refractivity contribution in [3.8, 4) is 0 Å². The molecule has 3 aromatic rings. The molecule has 0 aliphatic carbocycles. The van der Waals surface area contributed by atoms with Crippen molar-refractivity contribution >= 4 is 39.0 Å². The first-order valence-corrected chi connectivity index (χ1v) is 10.1. The second-order valence-corrected chi connectivity index (χ2v) is 8.51. The molecule has 9 heteroatoms. The van der Waals surface area contributed by atoms with Gasteiger partial charge in [0.25, 0.3) is 5.91 Å². The molecule has 4 rings (SSSR count). The van der Waals surface area contributed by atoms with E-state index in [0.29, 0.717) is 44.5 Å². The van der Waals surface area contributed by atoms with Crippen LogP contribution in [0.5, 0.6) is 0 Å². The lowest BCUT2D eigenvalue weighted by molar-refractivity contribution is 0.102. The Morgan fingerprint density at radius 2 is 1.97 bits per heavy atom. The van der Waals surface area contributed by atoms with Crippen LogP contribution < -0.4 is 10.2 Å². The Kier molecular flexibility index (Phi) is 5.16. The largest absolute Gasteiger partial charge is 0.356 e. The zero-order chi connectivity index (χ0) is 20.7. The number of piperidine rings is 1. The third kappa shape index (κ3) is 3.66. The fraction of sp³-hybridized carbons (Fsp3) is 0.350. The van der Waals surface area contributed by atoms with Gasteiger partial charge in [0.2, 0.25) is 0 Å². The molecule has 0 spiro atoms. The number of carbonyl (C=O) groups excluding carboxylic acids is 1. The minimum Gasteiger partial charge on any atom is -0.356 e. The number of hydrogen-bond acceptors (Lipinski definition) is 5. The van der Waals surface area contributed by atoms with Crippen LogP contribution >= 0.6 is 11.3 Å². The van der Waals surface area contributed by atoms with Crippen molar-refractivity contribution in [3.63, 3.8) is 0 Å². The van der Waals surface area contributed by atoms with Crippen LogP contribution in [0.25, 0.3) is 10.2 Å². The van der Waals surface area contributed by atoms with Crippen molar-refractivity contribution in [2.24, 2.45) is 5.92 Å². The summed E-state index contributed by atoms with van der Waals surface area (Å²) in [6.07, 6.45) is 3.64. The van der Waals surface area contributed by atoms with E-state index in [1.165, 1.54) is 17.7 Å². The predicted molar refractivity (Wildman–Crippen MR) is 107 cm³/mol. The Bertz CT molecular complexity index is 1100. The Morgan fingerprint density at radius 1 is 1.21 bits per heavy atom. The molecule has 0 radical (unpaired) electrons. The summed E-state index contributed by atoms with van der Waals surface area (Å²) in [5.41, 5.74) is -0.0967. The summed E-state index contributed by atoms with van der Waals surface area (Å²) in [7, 11) is 0. The monoisotopic (exact) mass is 420 g/mol. The van der Waals surface area contributed by atoms with Gasteiger partial charge in [-0.3, -0.25) is 4.79 Å². The van der Waals surface area contributed by atoms with Gasteiger partial charge in [-0.25, -0.2) is 23.1 Å². The summed E-state index contributed by atoms with van der Waals surface area (Å²) < 4.78 is 40.7. The molecule has 1 aliphatic rings. The van der Waals surface area contributed by atoms with E-state index in [-0.39, 0.29) is 0 Å². The normalized spacial score (nSPS) is 17.0. The molecule has 152 valence electrons. The number of nitrogens with one attached hydrogen (secondary N) is 1. The first kappa shape index (κ1) is 19.6. The highest BCUT2D eigenvalue weighted by Crippen LogP contribution is 2.37. The number of aromatic nitrogens is 2. The number of thiophene rings is 1. The molecule has 5 nitrogen and oxygen atoms in total. The molecule has 29 heavy (non-hydrogen) atoms. The van der Waals surface area contributed by atoms with Crippen LogP contribution in [-0.2, 0) is 0 Å². The lowest BCUT2D eigenvalue weighted by atomic mass is 10.00. The molecule has 0 unspecified atom stereocenters. The molecule has 1 aromatic carbocycles. The first-order valence-electron chi connectivity index (χ1n) is 9.30. The third-order valence-electron chi connectivity index (χ3n) is 5.09. The van der Waals surface area contributed by atoms with Gasteiger partial charge < -0.3 is 10.2 Å². The quantitative estimate of drug-likeness (QED) is 0.612. The second kappa shape index (κ2) is 7.62. The maximum atomic E-state index is 14.0. The minimum atomic E-state index is -1.31. The smallest absolute Gasteiger partial charge is 0.257 e. The van der Waals surface area contributed by atoms with Gasteiger partial charge in [0, 0.05) is 30.1 Å². The van der Waals surface area contributed by atoms with Crippen molar-refractivity contribution in [1.82, 2.24) is 9.97 Å². The van der Waals surface area contributed by atoms with E-state index in [9.17, 15) is 18.0 Å². The molecule has 0 bridgehead atoms. The van der Waals surface area contributed by atoms with Gasteiger partial charge in [-0.1, -0.05) is 6.92 Å². The van der Waals surface area contributed by atoms with Crippen molar-refractivity contribution in [1.29, 1.82) is 0 Å². The van der Waals surface area contributed by atoms with Gasteiger partial charge in [-0.05, 0) is 25.7 Å². The lowest BCUT2D eigenvalue weighted by Crippen LogP contribution is -2.35. The van der Waals surface area contributed by atoms with E-state index in [4.69, 9.17) is 0 Å². The van der Waals surface area contributed by atoms with E-state index in [1.807, 2.05) is 0 Å². The van der Waals surface area contributed by atoms with E-state index < -0.39 is 29.0 Å². The Hall–Kier alpha value is -2.68. The number of nitrogens with zero attached hydrogens (tertiary/aromatic N) is 3. The van der Waals surface area contributed by atoms with Gasteiger partial charge in [0.15, 0.2) is 11.6 Å². The Balaban J connectivity index is 1.76. The molecular formula is C20H19F3N4OS. The highest BCUT2D eigenvalue weighted by Gasteiger charge is 2.26. The van der Waals surface area contributed by atoms with Crippen LogP contribution in [0.4, 0.5) is 24.7 Å². The maximum absolute atomic E-state index is 14.0. The summed E-state index contributed by atoms with van der Waals surface area (Å²) in [5.74, 6) is -3.04.